The van der Waals surface area contributed by atoms with E-state index in [9.17, 15) is 4.79 Å². The van der Waals surface area contributed by atoms with Crippen molar-refractivity contribution in [3.05, 3.63) is 24.3 Å². The molecular weight excluding hydrogens is 338 g/mol. The highest BCUT2D eigenvalue weighted by Gasteiger charge is 2.21. The number of carbonyl (C=O) groups is 1. The molecule has 3 rings (SSSR count). The Kier molecular flexibility index (Phi) is 7.96. The summed E-state index contributed by atoms with van der Waals surface area (Å²) in [6.45, 7) is 8.49. The summed E-state index contributed by atoms with van der Waals surface area (Å²) < 4.78 is 5.60. The monoisotopic (exact) mass is 373 g/mol. The molecule has 2 aliphatic rings. The first kappa shape index (κ1) is 20.2. The van der Waals surface area contributed by atoms with Crippen molar-refractivity contribution in [2.45, 2.75) is 45.4 Å². The molecule has 1 saturated carbocycles. The third-order valence-corrected chi connectivity index (χ3v) is 5.75. The Morgan fingerprint density at radius 3 is 2.59 bits per heavy atom. The van der Waals surface area contributed by atoms with Gasteiger partial charge in [0.15, 0.2) is 0 Å². The molecule has 0 unspecified atom stereocenters. The minimum atomic E-state index is 0.0443. The van der Waals surface area contributed by atoms with Crippen LogP contribution in [-0.2, 0) is 4.79 Å². The van der Waals surface area contributed by atoms with Gasteiger partial charge >= 0.3 is 0 Å². The van der Waals surface area contributed by atoms with Crippen LogP contribution in [0.4, 0.5) is 5.69 Å². The molecular formula is C22H35N3O2. The number of para-hydroxylation sites is 2. The maximum absolute atomic E-state index is 12.5. The van der Waals surface area contributed by atoms with E-state index in [0.29, 0.717) is 13.2 Å². The van der Waals surface area contributed by atoms with Crippen molar-refractivity contribution in [2.75, 3.05) is 51.2 Å². The van der Waals surface area contributed by atoms with Crippen LogP contribution in [0.3, 0.4) is 0 Å². The number of nitrogens with zero attached hydrogens (tertiary/aromatic N) is 2. The molecule has 1 aromatic carbocycles. The SMILES string of the molecule is CCOc1ccccc1NC(=O)CN1CCCN(CC2CCCCC2)CC1. The summed E-state index contributed by atoms with van der Waals surface area (Å²) in [5, 5.41) is 3.02. The van der Waals surface area contributed by atoms with E-state index in [1.54, 1.807) is 0 Å². The number of hydrogen-bond donors (Lipinski definition) is 1. The van der Waals surface area contributed by atoms with Gasteiger partial charge in [0.05, 0.1) is 18.8 Å². The highest BCUT2D eigenvalue weighted by atomic mass is 16.5. The second-order valence-corrected chi connectivity index (χ2v) is 7.91. The zero-order valence-corrected chi connectivity index (χ0v) is 16.8. The first-order valence-corrected chi connectivity index (χ1v) is 10.7. The Morgan fingerprint density at radius 1 is 1.04 bits per heavy atom. The van der Waals surface area contributed by atoms with Gasteiger partial charge in [-0.3, -0.25) is 9.69 Å². The molecule has 5 nitrogen and oxygen atoms in total. The highest BCUT2D eigenvalue weighted by molar-refractivity contribution is 5.93. The summed E-state index contributed by atoms with van der Waals surface area (Å²) >= 11 is 0. The van der Waals surface area contributed by atoms with Gasteiger partial charge in [0.25, 0.3) is 0 Å². The van der Waals surface area contributed by atoms with Gasteiger partial charge in [-0.05, 0) is 57.3 Å². The van der Waals surface area contributed by atoms with Gasteiger partial charge in [-0.25, -0.2) is 0 Å². The number of amides is 1. The summed E-state index contributed by atoms with van der Waals surface area (Å²) in [7, 11) is 0. The minimum Gasteiger partial charge on any atom is -0.492 e. The molecule has 0 radical (unpaired) electrons. The molecule has 150 valence electrons. The number of rotatable bonds is 7. The lowest BCUT2D eigenvalue weighted by Crippen LogP contribution is -2.37. The van der Waals surface area contributed by atoms with Gasteiger partial charge in [0, 0.05) is 19.6 Å². The summed E-state index contributed by atoms with van der Waals surface area (Å²) in [6, 6.07) is 7.65. The van der Waals surface area contributed by atoms with E-state index < -0.39 is 0 Å². The van der Waals surface area contributed by atoms with Crippen LogP contribution in [0.25, 0.3) is 0 Å². The van der Waals surface area contributed by atoms with E-state index in [4.69, 9.17) is 4.74 Å². The fourth-order valence-electron chi connectivity index (χ4n) is 4.34. The topological polar surface area (TPSA) is 44.8 Å². The summed E-state index contributed by atoms with van der Waals surface area (Å²) in [6.07, 6.45) is 8.20. The molecule has 0 aromatic heterocycles. The van der Waals surface area contributed by atoms with Crippen LogP contribution in [0.15, 0.2) is 24.3 Å². The molecule has 1 aromatic rings. The predicted octanol–water partition coefficient (Wildman–Crippen LogP) is 3.61. The maximum Gasteiger partial charge on any atom is 0.238 e. The summed E-state index contributed by atoms with van der Waals surface area (Å²) in [5.41, 5.74) is 0.762. The van der Waals surface area contributed by atoms with Gasteiger partial charge in [-0.15, -0.1) is 0 Å². The van der Waals surface area contributed by atoms with Crippen LogP contribution >= 0.6 is 0 Å². The molecule has 1 amide bonds. The Hall–Kier alpha value is -1.59. The number of benzene rings is 1. The average Bonchev–Trinajstić information content (AvgIpc) is 2.89. The Bertz CT molecular complexity index is 587. The van der Waals surface area contributed by atoms with Crippen LogP contribution in [-0.4, -0.2) is 61.6 Å². The summed E-state index contributed by atoms with van der Waals surface area (Å²) in [5.74, 6) is 1.68. The normalized spacial score (nSPS) is 20.2. The van der Waals surface area contributed by atoms with Crippen molar-refractivity contribution in [1.29, 1.82) is 0 Å². The average molecular weight is 374 g/mol. The zero-order chi connectivity index (χ0) is 18.9. The minimum absolute atomic E-state index is 0.0443. The molecule has 0 atom stereocenters. The van der Waals surface area contributed by atoms with Crippen LogP contribution in [0.2, 0.25) is 0 Å². The van der Waals surface area contributed by atoms with E-state index in [0.717, 1.165) is 43.4 Å². The van der Waals surface area contributed by atoms with Crippen LogP contribution in [0.5, 0.6) is 5.75 Å². The second-order valence-electron chi connectivity index (χ2n) is 7.91. The fourth-order valence-corrected chi connectivity index (χ4v) is 4.34. The van der Waals surface area contributed by atoms with Gasteiger partial charge in [-0.2, -0.15) is 0 Å². The molecule has 0 bridgehead atoms. The molecule has 1 aliphatic heterocycles. The standard InChI is InChI=1S/C22H35N3O2/c1-2-27-21-12-7-6-11-20(21)23-22(26)18-25-14-8-13-24(15-16-25)17-19-9-4-3-5-10-19/h6-7,11-12,19H,2-5,8-10,13-18H2,1H3,(H,23,26). The van der Waals surface area contributed by atoms with Crippen LogP contribution in [0.1, 0.15) is 45.4 Å². The largest absolute Gasteiger partial charge is 0.492 e. The third kappa shape index (κ3) is 6.51. The third-order valence-electron chi connectivity index (χ3n) is 5.75. The van der Waals surface area contributed by atoms with Crippen LogP contribution in [0, 0.1) is 5.92 Å². The maximum atomic E-state index is 12.5. The van der Waals surface area contributed by atoms with E-state index in [-0.39, 0.29) is 5.91 Å². The predicted molar refractivity (Wildman–Crippen MR) is 110 cm³/mol. The van der Waals surface area contributed by atoms with E-state index in [2.05, 4.69) is 15.1 Å². The van der Waals surface area contributed by atoms with Crippen LogP contribution < -0.4 is 10.1 Å². The molecule has 1 saturated heterocycles. The van der Waals surface area contributed by atoms with Gasteiger partial charge in [0.2, 0.25) is 5.91 Å². The van der Waals surface area contributed by atoms with Crippen molar-refractivity contribution in [1.82, 2.24) is 9.80 Å². The quantitative estimate of drug-likeness (QED) is 0.793. The van der Waals surface area contributed by atoms with Gasteiger partial charge < -0.3 is 15.0 Å². The number of anilines is 1. The number of ether oxygens (including phenoxy) is 1. The number of carbonyl (C=O) groups excluding carboxylic acids is 1. The van der Waals surface area contributed by atoms with Crippen molar-refractivity contribution in [3.63, 3.8) is 0 Å². The first-order chi connectivity index (χ1) is 13.2. The molecule has 5 heteroatoms. The molecule has 1 N–H and O–H groups in total. The van der Waals surface area contributed by atoms with Crippen molar-refractivity contribution in [3.8, 4) is 5.75 Å². The number of hydrogen-bond acceptors (Lipinski definition) is 4. The molecule has 1 heterocycles. The molecule has 2 fully saturated rings. The lowest BCUT2D eigenvalue weighted by atomic mass is 9.89. The molecule has 27 heavy (non-hydrogen) atoms. The Labute approximate surface area is 164 Å². The second kappa shape index (κ2) is 10.7. The van der Waals surface area contributed by atoms with Crippen molar-refractivity contribution >= 4 is 11.6 Å². The summed E-state index contributed by atoms with van der Waals surface area (Å²) in [4.78, 5) is 17.4. The number of nitrogens with one attached hydrogen (secondary N) is 1. The van der Waals surface area contributed by atoms with E-state index >= 15 is 0 Å². The van der Waals surface area contributed by atoms with Crippen molar-refractivity contribution < 1.29 is 9.53 Å². The molecule has 0 spiro atoms. The molecule has 1 aliphatic carbocycles. The lowest BCUT2D eigenvalue weighted by Gasteiger charge is -2.28. The zero-order valence-electron chi connectivity index (χ0n) is 16.8. The van der Waals surface area contributed by atoms with Gasteiger partial charge in [0.1, 0.15) is 5.75 Å². The Balaban J connectivity index is 1.44. The first-order valence-electron chi connectivity index (χ1n) is 10.7. The Morgan fingerprint density at radius 2 is 1.78 bits per heavy atom. The van der Waals surface area contributed by atoms with E-state index in [1.165, 1.54) is 45.2 Å². The fraction of sp³-hybridized carbons (Fsp3) is 0.682. The van der Waals surface area contributed by atoms with E-state index in [1.807, 2.05) is 31.2 Å². The smallest absolute Gasteiger partial charge is 0.238 e. The van der Waals surface area contributed by atoms with Gasteiger partial charge in [-0.1, -0.05) is 31.4 Å². The lowest BCUT2D eigenvalue weighted by molar-refractivity contribution is -0.117. The van der Waals surface area contributed by atoms with Crippen molar-refractivity contribution in [2.24, 2.45) is 5.92 Å². The highest BCUT2D eigenvalue weighted by Crippen LogP contribution is 2.25.